The lowest BCUT2D eigenvalue weighted by Crippen LogP contribution is -2.00. The van der Waals surface area contributed by atoms with Gasteiger partial charge >= 0.3 is 0 Å². The van der Waals surface area contributed by atoms with Gasteiger partial charge in [0.15, 0.2) is 0 Å². The summed E-state index contributed by atoms with van der Waals surface area (Å²) in [4.78, 5) is 4.76. The van der Waals surface area contributed by atoms with Crippen LogP contribution in [0.25, 0.3) is 6.08 Å². The molecule has 0 saturated carbocycles. The third kappa shape index (κ3) is 4.60. The van der Waals surface area contributed by atoms with E-state index in [1.165, 1.54) is 0 Å². The molecule has 2 nitrogen and oxygen atoms in total. The minimum absolute atomic E-state index is 0.283. The SMILES string of the molecule is CCCC(=N/C(C)=C\c1ccccc1)c1ccc(O)cc1. The zero-order valence-electron chi connectivity index (χ0n) is 12.6. The zero-order valence-corrected chi connectivity index (χ0v) is 12.6. The molecule has 0 spiro atoms. The lowest BCUT2D eigenvalue weighted by molar-refractivity contribution is 0.475. The van der Waals surface area contributed by atoms with E-state index >= 15 is 0 Å². The van der Waals surface area contributed by atoms with E-state index in [4.69, 9.17) is 4.99 Å². The molecule has 2 rings (SSSR count). The van der Waals surface area contributed by atoms with Gasteiger partial charge in [0.1, 0.15) is 5.75 Å². The number of allylic oxidation sites excluding steroid dienone is 1. The van der Waals surface area contributed by atoms with E-state index in [0.29, 0.717) is 0 Å². The Balaban J connectivity index is 2.28. The molecule has 2 aromatic carbocycles. The molecular weight excluding hydrogens is 258 g/mol. The highest BCUT2D eigenvalue weighted by Gasteiger charge is 2.03. The molecule has 0 aliphatic rings. The minimum Gasteiger partial charge on any atom is -0.508 e. The Kier molecular flexibility index (Phi) is 5.33. The molecular formula is C19H21NO. The molecule has 0 heterocycles. The number of aromatic hydroxyl groups is 1. The van der Waals surface area contributed by atoms with Crippen LogP contribution in [0.2, 0.25) is 0 Å². The number of hydrogen-bond donors (Lipinski definition) is 1. The predicted octanol–water partition coefficient (Wildman–Crippen LogP) is 5.04. The van der Waals surface area contributed by atoms with Crippen molar-refractivity contribution in [1.29, 1.82) is 0 Å². The normalized spacial score (nSPS) is 12.5. The van der Waals surface area contributed by atoms with E-state index in [-0.39, 0.29) is 5.75 Å². The molecule has 0 saturated heterocycles. The second-order valence-electron chi connectivity index (χ2n) is 5.05. The van der Waals surface area contributed by atoms with Gasteiger partial charge < -0.3 is 5.11 Å². The van der Waals surface area contributed by atoms with E-state index in [9.17, 15) is 5.11 Å². The smallest absolute Gasteiger partial charge is 0.115 e. The van der Waals surface area contributed by atoms with E-state index in [1.807, 2.05) is 37.3 Å². The molecule has 1 N–H and O–H groups in total. The number of aliphatic imine (C=N–C) groups is 1. The molecule has 2 aromatic rings. The highest BCUT2D eigenvalue weighted by Crippen LogP contribution is 2.15. The van der Waals surface area contributed by atoms with E-state index in [0.717, 1.165) is 35.4 Å². The zero-order chi connectivity index (χ0) is 15.1. The summed E-state index contributed by atoms with van der Waals surface area (Å²) in [7, 11) is 0. The molecule has 0 bridgehead atoms. The average Bonchev–Trinajstić information content (AvgIpc) is 2.48. The van der Waals surface area contributed by atoms with Crippen LogP contribution in [0, 0.1) is 0 Å². The first-order chi connectivity index (χ1) is 10.2. The fourth-order valence-corrected chi connectivity index (χ4v) is 2.19. The number of rotatable bonds is 5. The van der Waals surface area contributed by atoms with Gasteiger partial charge in [-0.3, -0.25) is 4.99 Å². The summed E-state index contributed by atoms with van der Waals surface area (Å²) in [6.45, 7) is 4.16. The Hall–Kier alpha value is -2.35. The van der Waals surface area contributed by atoms with Crippen molar-refractivity contribution in [3.05, 3.63) is 71.4 Å². The maximum Gasteiger partial charge on any atom is 0.115 e. The highest BCUT2D eigenvalue weighted by atomic mass is 16.3. The number of phenolic OH excluding ortho intramolecular Hbond substituents is 1. The maximum absolute atomic E-state index is 9.39. The number of nitrogens with zero attached hydrogens (tertiary/aromatic N) is 1. The Morgan fingerprint density at radius 3 is 2.33 bits per heavy atom. The van der Waals surface area contributed by atoms with Crippen LogP contribution < -0.4 is 0 Å². The Bertz CT molecular complexity index is 624. The van der Waals surface area contributed by atoms with Gasteiger partial charge in [-0.15, -0.1) is 0 Å². The van der Waals surface area contributed by atoms with Crippen molar-refractivity contribution in [2.24, 2.45) is 4.99 Å². The average molecular weight is 279 g/mol. The number of phenols is 1. The van der Waals surface area contributed by atoms with Crippen LogP contribution in [-0.2, 0) is 0 Å². The first kappa shape index (κ1) is 15.0. The Labute approximate surface area is 126 Å². The van der Waals surface area contributed by atoms with Crippen molar-refractivity contribution in [2.75, 3.05) is 0 Å². The highest BCUT2D eigenvalue weighted by molar-refractivity contribution is 6.01. The van der Waals surface area contributed by atoms with Gasteiger partial charge in [0.05, 0.1) is 0 Å². The molecule has 0 radical (unpaired) electrons. The second-order valence-corrected chi connectivity index (χ2v) is 5.05. The van der Waals surface area contributed by atoms with Crippen LogP contribution in [-0.4, -0.2) is 10.8 Å². The van der Waals surface area contributed by atoms with Crippen molar-refractivity contribution < 1.29 is 5.11 Å². The van der Waals surface area contributed by atoms with Gasteiger partial charge in [-0.2, -0.15) is 0 Å². The molecule has 0 amide bonds. The van der Waals surface area contributed by atoms with Crippen molar-refractivity contribution >= 4 is 11.8 Å². The largest absolute Gasteiger partial charge is 0.508 e. The second kappa shape index (κ2) is 7.44. The Morgan fingerprint density at radius 2 is 1.71 bits per heavy atom. The standard InChI is InChI=1S/C19H21NO/c1-3-7-19(17-10-12-18(21)13-11-17)20-15(2)14-16-8-5-4-6-9-16/h4-6,8-14,21H,3,7H2,1-2H3/b15-14-,20-19?. The lowest BCUT2D eigenvalue weighted by atomic mass is 10.1. The third-order valence-electron chi connectivity index (χ3n) is 3.17. The fraction of sp³-hybridized carbons (Fsp3) is 0.211. The molecule has 0 aliphatic heterocycles. The molecule has 0 aromatic heterocycles. The molecule has 2 heteroatoms. The lowest BCUT2D eigenvalue weighted by Gasteiger charge is -2.06. The summed E-state index contributed by atoms with van der Waals surface area (Å²) in [5, 5.41) is 9.39. The van der Waals surface area contributed by atoms with Gasteiger partial charge in [-0.1, -0.05) is 43.7 Å². The summed E-state index contributed by atoms with van der Waals surface area (Å²) in [6.07, 6.45) is 4.04. The van der Waals surface area contributed by atoms with Gasteiger partial charge in [-0.05, 0) is 54.8 Å². The van der Waals surface area contributed by atoms with Gasteiger partial charge in [0.2, 0.25) is 0 Å². The van der Waals surface area contributed by atoms with Crippen molar-refractivity contribution in [1.82, 2.24) is 0 Å². The quantitative estimate of drug-likeness (QED) is 0.764. The first-order valence-corrected chi connectivity index (χ1v) is 7.29. The summed E-state index contributed by atoms with van der Waals surface area (Å²) < 4.78 is 0. The Morgan fingerprint density at radius 1 is 1.05 bits per heavy atom. The van der Waals surface area contributed by atoms with Crippen LogP contribution >= 0.6 is 0 Å². The van der Waals surface area contributed by atoms with Crippen molar-refractivity contribution in [3.63, 3.8) is 0 Å². The van der Waals surface area contributed by atoms with Gasteiger partial charge in [0.25, 0.3) is 0 Å². The maximum atomic E-state index is 9.39. The molecule has 108 valence electrons. The van der Waals surface area contributed by atoms with E-state index in [2.05, 4.69) is 25.1 Å². The summed E-state index contributed by atoms with van der Waals surface area (Å²) >= 11 is 0. The minimum atomic E-state index is 0.283. The molecule has 0 fully saturated rings. The van der Waals surface area contributed by atoms with Crippen LogP contribution in [0.3, 0.4) is 0 Å². The molecule has 0 unspecified atom stereocenters. The predicted molar refractivity (Wildman–Crippen MR) is 89.6 cm³/mol. The van der Waals surface area contributed by atoms with Crippen LogP contribution in [0.5, 0.6) is 5.75 Å². The van der Waals surface area contributed by atoms with Gasteiger partial charge in [0, 0.05) is 11.4 Å². The van der Waals surface area contributed by atoms with Gasteiger partial charge in [-0.25, -0.2) is 0 Å². The van der Waals surface area contributed by atoms with Crippen molar-refractivity contribution in [3.8, 4) is 5.75 Å². The third-order valence-corrected chi connectivity index (χ3v) is 3.17. The van der Waals surface area contributed by atoms with Crippen LogP contribution in [0.1, 0.15) is 37.8 Å². The van der Waals surface area contributed by atoms with Crippen LogP contribution in [0.4, 0.5) is 0 Å². The van der Waals surface area contributed by atoms with Crippen molar-refractivity contribution in [2.45, 2.75) is 26.7 Å². The molecule has 21 heavy (non-hydrogen) atoms. The fourth-order valence-electron chi connectivity index (χ4n) is 2.19. The molecule has 0 atom stereocenters. The summed E-state index contributed by atoms with van der Waals surface area (Å²) in [6, 6.07) is 17.4. The van der Waals surface area contributed by atoms with E-state index < -0.39 is 0 Å². The van der Waals surface area contributed by atoms with Crippen LogP contribution in [0.15, 0.2) is 65.3 Å². The number of hydrogen-bond acceptors (Lipinski definition) is 2. The molecule has 0 aliphatic carbocycles. The topological polar surface area (TPSA) is 32.6 Å². The first-order valence-electron chi connectivity index (χ1n) is 7.29. The summed E-state index contributed by atoms with van der Waals surface area (Å²) in [5.74, 6) is 0.283. The number of benzene rings is 2. The monoisotopic (exact) mass is 279 g/mol. The van der Waals surface area contributed by atoms with E-state index in [1.54, 1.807) is 12.1 Å². The summed E-state index contributed by atoms with van der Waals surface area (Å²) in [5.41, 5.74) is 4.26.